The maximum atomic E-state index is 11.7. The molecule has 1 unspecified atom stereocenters. The monoisotopic (exact) mass is 208 g/mol. The highest BCUT2D eigenvalue weighted by molar-refractivity contribution is 5.08. The third-order valence-corrected chi connectivity index (χ3v) is 2.22. The Hall–Kier alpha value is -1.09. The summed E-state index contributed by atoms with van der Waals surface area (Å²) in [5.74, 6) is 0.469. The van der Waals surface area contributed by atoms with Crippen LogP contribution in [0.3, 0.4) is 0 Å². The van der Waals surface area contributed by atoms with Crippen molar-refractivity contribution in [2.24, 2.45) is 11.7 Å². The van der Waals surface area contributed by atoms with Crippen LogP contribution in [0.5, 0.6) is 0 Å². The molecule has 0 radical (unpaired) electrons. The molecule has 0 amide bonds. The summed E-state index contributed by atoms with van der Waals surface area (Å²) in [6.45, 7) is 6.93. The lowest BCUT2D eigenvalue weighted by molar-refractivity contribution is 0.489. The highest BCUT2D eigenvalue weighted by atomic mass is 16.1. The molecular weight excluding hydrogens is 188 g/mol. The van der Waals surface area contributed by atoms with Gasteiger partial charge >= 0.3 is 0 Å². The fraction of sp³-hybridized carbons (Fsp3) is 0.583. The molecule has 1 heterocycles. The van der Waals surface area contributed by atoms with Crippen molar-refractivity contribution in [2.45, 2.75) is 39.8 Å². The van der Waals surface area contributed by atoms with Crippen LogP contribution in [0, 0.1) is 5.92 Å². The molecule has 0 spiro atoms. The summed E-state index contributed by atoms with van der Waals surface area (Å²) in [6.07, 6.45) is 0.753. The minimum atomic E-state index is 0.0712. The molecule has 0 saturated heterocycles. The number of pyridine rings is 1. The Balaban J connectivity index is 3.03. The third-order valence-electron chi connectivity index (χ3n) is 2.22. The number of aromatic nitrogens is 1. The van der Waals surface area contributed by atoms with Crippen LogP contribution >= 0.6 is 0 Å². The van der Waals surface area contributed by atoms with Crippen LogP contribution in [-0.4, -0.2) is 10.6 Å². The average molecular weight is 208 g/mol. The van der Waals surface area contributed by atoms with Crippen molar-refractivity contribution in [1.82, 2.24) is 4.57 Å². The van der Waals surface area contributed by atoms with Crippen molar-refractivity contribution in [1.29, 1.82) is 0 Å². The molecule has 84 valence electrons. The molecule has 0 bridgehead atoms. The Morgan fingerprint density at radius 2 is 2.00 bits per heavy atom. The first-order valence-corrected chi connectivity index (χ1v) is 5.45. The summed E-state index contributed by atoms with van der Waals surface area (Å²) in [4.78, 5) is 11.7. The molecule has 0 aliphatic rings. The van der Waals surface area contributed by atoms with Crippen LogP contribution in [0.2, 0.25) is 0 Å². The second-order valence-corrected chi connectivity index (χ2v) is 4.54. The molecule has 0 fully saturated rings. The molecule has 0 aliphatic carbocycles. The van der Waals surface area contributed by atoms with Gasteiger partial charge in [-0.05, 0) is 18.9 Å². The lowest BCUT2D eigenvalue weighted by atomic mass is 10.1. The smallest absolute Gasteiger partial charge is 0.250 e. The van der Waals surface area contributed by atoms with Crippen LogP contribution in [0.4, 0.5) is 0 Å². The SMILES string of the molecule is CC(C)Cn1c(CC(C)N)cccc1=O. The van der Waals surface area contributed by atoms with Gasteiger partial charge in [0.15, 0.2) is 0 Å². The molecule has 1 aromatic heterocycles. The molecular formula is C12H20N2O. The zero-order valence-electron chi connectivity index (χ0n) is 9.73. The van der Waals surface area contributed by atoms with Gasteiger partial charge < -0.3 is 10.3 Å². The largest absolute Gasteiger partial charge is 0.328 e. The first kappa shape index (κ1) is 12.0. The Labute approximate surface area is 90.9 Å². The van der Waals surface area contributed by atoms with E-state index in [-0.39, 0.29) is 11.6 Å². The summed E-state index contributed by atoms with van der Waals surface area (Å²) in [6, 6.07) is 5.47. The lowest BCUT2D eigenvalue weighted by Gasteiger charge is -2.15. The third kappa shape index (κ3) is 3.51. The predicted octanol–water partition coefficient (Wildman–Crippen LogP) is 1.39. The van der Waals surface area contributed by atoms with E-state index in [2.05, 4.69) is 13.8 Å². The van der Waals surface area contributed by atoms with E-state index in [1.165, 1.54) is 0 Å². The molecule has 3 nitrogen and oxygen atoms in total. The summed E-state index contributed by atoms with van der Waals surface area (Å²) in [5, 5.41) is 0. The maximum absolute atomic E-state index is 11.7. The lowest BCUT2D eigenvalue weighted by Crippen LogP contribution is -2.28. The first-order chi connectivity index (χ1) is 7.00. The van der Waals surface area contributed by atoms with Crippen molar-refractivity contribution in [2.75, 3.05) is 0 Å². The highest BCUT2D eigenvalue weighted by Crippen LogP contribution is 2.04. The minimum absolute atomic E-state index is 0.0712. The standard InChI is InChI=1S/C12H20N2O/c1-9(2)8-14-11(7-10(3)13)5-4-6-12(14)15/h4-6,9-10H,7-8,13H2,1-3H3. The molecule has 1 rings (SSSR count). The van der Waals surface area contributed by atoms with E-state index in [0.29, 0.717) is 5.92 Å². The highest BCUT2D eigenvalue weighted by Gasteiger charge is 2.06. The van der Waals surface area contributed by atoms with E-state index in [1.807, 2.05) is 17.6 Å². The van der Waals surface area contributed by atoms with Gasteiger partial charge in [0.1, 0.15) is 0 Å². The van der Waals surface area contributed by atoms with E-state index in [4.69, 9.17) is 5.73 Å². The first-order valence-electron chi connectivity index (χ1n) is 5.45. The number of nitrogens with two attached hydrogens (primary N) is 1. The van der Waals surface area contributed by atoms with Gasteiger partial charge in [0.2, 0.25) is 0 Å². The predicted molar refractivity (Wildman–Crippen MR) is 62.9 cm³/mol. The van der Waals surface area contributed by atoms with E-state index < -0.39 is 0 Å². The van der Waals surface area contributed by atoms with Gasteiger partial charge in [-0.25, -0.2) is 0 Å². The van der Waals surface area contributed by atoms with Gasteiger partial charge in [-0.1, -0.05) is 19.9 Å². The molecule has 0 aromatic carbocycles. The minimum Gasteiger partial charge on any atom is -0.328 e. The van der Waals surface area contributed by atoms with Crippen LogP contribution in [0.1, 0.15) is 26.5 Å². The summed E-state index contributed by atoms with van der Waals surface area (Å²) < 4.78 is 1.83. The second-order valence-electron chi connectivity index (χ2n) is 4.54. The summed E-state index contributed by atoms with van der Waals surface area (Å²) >= 11 is 0. The Kier molecular flexibility index (Phi) is 4.09. The molecule has 1 atom stereocenters. The molecule has 2 N–H and O–H groups in total. The van der Waals surface area contributed by atoms with Crippen molar-refractivity contribution < 1.29 is 0 Å². The Morgan fingerprint density at radius 1 is 1.33 bits per heavy atom. The quantitative estimate of drug-likeness (QED) is 0.813. The van der Waals surface area contributed by atoms with E-state index in [0.717, 1.165) is 18.7 Å². The summed E-state index contributed by atoms with van der Waals surface area (Å²) in [5.41, 5.74) is 6.86. The topological polar surface area (TPSA) is 48.0 Å². The van der Waals surface area contributed by atoms with Crippen LogP contribution < -0.4 is 11.3 Å². The van der Waals surface area contributed by atoms with Gasteiger partial charge in [-0.15, -0.1) is 0 Å². The maximum Gasteiger partial charge on any atom is 0.250 e. The number of nitrogens with zero attached hydrogens (tertiary/aromatic N) is 1. The van der Waals surface area contributed by atoms with Crippen LogP contribution in [0.25, 0.3) is 0 Å². The Bertz CT molecular complexity index is 366. The zero-order valence-corrected chi connectivity index (χ0v) is 9.73. The van der Waals surface area contributed by atoms with Gasteiger partial charge in [0.25, 0.3) is 5.56 Å². The second kappa shape index (κ2) is 5.12. The van der Waals surface area contributed by atoms with Gasteiger partial charge in [0, 0.05) is 30.8 Å². The fourth-order valence-electron chi connectivity index (χ4n) is 1.64. The molecule has 15 heavy (non-hydrogen) atoms. The van der Waals surface area contributed by atoms with Gasteiger partial charge in [-0.2, -0.15) is 0 Å². The van der Waals surface area contributed by atoms with E-state index in [1.54, 1.807) is 12.1 Å². The van der Waals surface area contributed by atoms with Crippen molar-refractivity contribution in [3.8, 4) is 0 Å². The van der Waals surface area contributed by atoms with Crippen molar-refractivity contribution in [3.05, 3.63) is 34.2 Å². The molecule has 0 saturated carbocycles. The van der Waals surface area contributed by atoms with E-state index >= 15 is 0 Å². The van der Waals surface area contributed by atoms with Crippen molar-refractivity contribution in [3.63, 3.8) is 0 Å². The van der Waals surface area contributed by atoms with Crippen LogP contribution in [-0.2, 0) is 13.0 Å². The van der Waals surface area contributed by atoms with Crippen LogP contribution in [0.15, 0.2) is 23.0 Å². The normalized spacial score (nSPS) is 13.1. The number of hydrogen-bond donors (Lipinski definition) is 1. The van der Waals surface area contributed by atoms with Gasteiger partial charge in [0.05, 0.1) is 0 Å². The fourth-order valence-corrected chi connectivity index (χ4v) is 1.64. The van der Waals surface area contributed by atoms with E-state index in [9.17, 15) is 4.79 Å². The number of rotatable bonds is 4. The molecule has 0 aliphatic heterocycles. The zero-order chi connectivity index (χ0) is 11.4. The van der Waals surface area contributed by atoms with Gasteiger partial charge in [-0.3, -0.25) is 4.79 Å². The molecule has 3 heteroatoms. The Morgan fingerprint density at radius 3 is 2.53 bits per heavy atom. The summed E-state index contributed by atoms with van der Waals surface area (Å²) in [7, 11) is 0. The number of hydrogen-bond acceptors (Lipinski definition) is 2. The average Bonchev–Trinajstić information content (AvgIpc) is 2.09. The van der Waals surface area contributed by atoms with Crippen molar-refractivity contribution >= 4 is 0 Å². The molecule has 1 aromatic rings.